The van der Waals surface area contributed by atoms with E-state index in [1.165, 1.54) is 0 Å². The van der Waals surface area contributed by atoms with Crippen molar-refractivity contribution >= 4 is 17.8 Å². The number of likely N-dealkylation sites (N-methyl/N-ethyl adjacent to an activating group) is 1. The summed E-state index contributed by atoms with van der Waals surface area (Å²) in [6.07, 6.45) is 4.32. The first kappa shape index (κ1) is 12.2. The number of nitrogens with two attached hydrogens (primary N) is 2. The lowest BCUT2D eigenvalue weighted by molar-refractivity contribution is 0.562. The van der Waals surface area contributed by atoms with Crippen LogP contribution in [0.4, 0.5) is 17.8 Å². The van der Waals surface area contributed by atoms with Crippen LogP contribution in [0.2, 0.25) is 0 Å². The molecule has 0 saturated carbocycles. The van der Waals surface area contributed by atoms with E-state index >= 15 is 0 Å². The van der Waals surface area contributed by atoms with Crippen molar-refractivity contribution < 1.29 is 4.42 Å². The number of hydrogen-bond acceptors (Lipinski definition) is 7. The highest BCUT2D eigenvalue weighted by Crippen LogP contribution is 2.12. The van der Waals surface area contributed by atoms with Crippen LogP contribution in [-0.4, -0.2) is 28.5 Å². The normalized spacial score (nSPS) is 10.6. The molecule has 96 valence electrons. The van der Waals surface area contributed by atoms with E-state index in [-0.39, 0.29) is 11.9 Å². The van der Waals surface area contributed by atoms with Gasteiger partial charge in [0.25, 0.3) is 0 Å². The second-order valence-electron chi connectivity index (χ2n) is 4.10. The quantitative estimate of drug-likeness (QED) is 0.816. The summed E-state index contributed by atoms with van der Waals surface area (Å²) < 4.78 is 5.12. The fraction of sp³-hybridized carbons (Fsp3) is 0.364. The second-order valence-corrected chi connectivity index (χ2v) is 4.10. The molecule has 0 atom stereocenters. The zero-order chi connectivity index (χ0) is 13.1. The number of aryl methyl sites for hydroxylation is 1. The molecule has 4 N–H and O–H groups in total. The molecule has 0 bridgehead atoms. The summed E-state index contributed by atoms with van der Waals surface area (Å²) in [6, 6.07) is 0. The summed E-state index contributed by atoms with van der Waals surface area (Å²) in [6.45, 7) is 2.75. The lowest BCUT2D eigenvalue weighted by Crippen LogP contribution is -2.24. The van der Waals surface area contributed by atoms with Crippen LogP contribution in [0.25, 0.3) is 0 Å². The standard InChI is InChI=1S/C11H16N6O/c1-7-5-18-6-8(7)3-4-17(2)11-15-9(12)14-10(13)16-11/h5-6H,3-4H2,1-2H3,(H4,12,13,14,15,16). The van der Waals surface area contributed by atoms with Gasteiger partial charge in [0.05, 0.1) is 12.5 Å². The average molecular weight is 248 g/mol. The van der Waals surface area contributed by atoms with Crippen LogP contribution in [0.3, 0.4) is 0 Å². The molecule has 0 aromatic carbocycles. The van der Waals surface area contributed by atoms with Gasteiger partial charge in [-0.1, -0.05) is 0 Å². The number of aromatic nitrogens is 3. The van der Waals surface area contributed by atoms with Gasteiger partial charge in [-0.25, -0.2) is 0 Å². The van der Waals surface area contributed by atoms with Crippen molar-refractivity contribution in [2.45, 2.75) is 13.3 Å². The van der Waals surface area contributed by atoms with Gasteiger partial charge in [-0.2, -0.15) is 15.0 Å². The summed E-state index contributed by atoms with van der Waals surface area (Å²) in [5.41, 5.74) is 13.4. The minimum Gasteiger partial charge on any atom is -0.472 e. The SMILES string of the molecule is Cc1cocc1CCN(C)c1nc(N)nc(N)n1. The molecule has 0 aliphatic rings. The maximum atomic E-state index is 5.53. The highest BCUT2D eigenvalue weighted by molar-refractivity contribution is 5.39. The summed E-state index contributed by atoms with van der Waals surface area (Å²) in [5, 5.41) is 0. The molecule has 0 spiro atoms. The van der Waals surface area contributed by atoms with E-state index in [9.17, 15) is 0 Å². The lowest BCUT2D eigenvalue weighted by Gasteiger charge is -2.16. The van der Waals surface area contributed by atoms with Gasteiger partial charge < -0.3 is 20.8 Å². The fourth-order valence-electron chi connectivity index (χ4n) is 1.60. The third-order valence-corrected chi connectivity index (χ3v) is 2.68. The molecule has 2 heterocycles. The van der Waals surface area contributed by atoms with Crippen LogP contribution in [0.15, 0.2) is 16.9 Å². The van der Waals surface area contributed by atoms with Crippen molar-refractivity contribution in [3.63, 3.8) is 0 Å². The predicted molar refractivity (Wildman–Crippen MR) is 69.1 cm³/mol. The maximum absolute atomic E-state index is 5.53. The minimum atomic E-state index is 0.129. The molecule has 0 unspecified atom stereocenters. The molecule has 0 fully saturated rings. The Balaban J connectivity index is 2.03. The first-order chi connectivity index (χ1) is 8.56. The Morgan fingerprint density at radius 1 is 1.17 bits per heavy atom. The Bertz CT molecular complexity index is 518. The van der Waals surface area contributed by atoms with Crippen molar-refractivity contribution in [3.8, 4) is 0 Å². The van der Waals surface area contributed by atoms with E-state index in [4.69, 9.17) is 15.9 Å². The Labute approximate surface area is 105 Å². The van der Waals surface area contributed by atoms with E-state index < -0.39 is 0 Å². The summed E-state index contributed by atoms with van der Waals surface area (Å²) in [4.78, 5) is 13.7. The minimum absolute atomic E-state index is 0.129. The smallest absolute Gasteiger partial charge is 0.231 e. The Morgan fingerprint density at radius 2 is 1.83 bits per heavy atom. The van der Waals surface area contributed by atoms with E-state index in [2.05, 4.69) is 15.0 Å². The van der Waals surface area contributed by atoms with Gasteiger partial charge in [0.15, 0.2) is 0 Å². The monoisotopic (exact) mass is 248 g/mol. The molecule has 18 heavy (non-hydrogen) atoms. The topological polar surface area (TPSA) is 107 Å². The molecule has 7 heteroatoms. The van der Waals surface area contributed by atoms with Crippen molar-refractivity contribution in [2.24, 2.45) is 0 Å². The molecule has 2 rings (SSSR count). The Kier molecular flexibility index (Phi) is 3.31. The van der Waals surface area contributed by atoms with Gasteiger partial charge in [-0.05, 0) is 24.5 Å². The molecule has 0 radical (unpaired) electrons. The Morgan fingerprint density at radius 3 is 2.39 bits per heavy atom. The predicted octanol–water partition coefficient (Wildman–Crippen LogP) is 0.616. The first-order valence-corrected chi connectivity index (χ1v) is 5.56. The zero-order valence-electron chi connectivity index (χ0n) is 10.4. The van der Waals surface area contributed by atoms with Crippen LogP contribution in [-0.2, 0) is 6.42 Å². The van der Waals surface area contributed by atoms with Crippen LogP contribution in [0.5, 0.6) is 0 Å². The molecular formula is C11H16N6O. The first-order valence-electron chi connectivity index (χ1n) is 5.56. The highest BCUT2D eigenvalue weighted by atomic mass is 16.3. The largest absolute Gasteiger partial charge is 0.472 e. The van der Waals surface area contributed by atoms with Gasteiger partial charge in [0.1, 0.15) is 0 Å². The molecule has 2 aromatic heterocycles. The van der Waals surface area contributed by atoms with E-state index in [1.54, 1.807) is 12.5 Å². The molecular weight excluding hydrogens is 232 g/mol. The van der Waals surface area contributed by atoms with Gasteiger partial charge in [-0.3, -0.25) is 0 Å². The van der Waals surface area contributed by atoms with Gasteiger partial charge >= 0.3 is 0 Å². The molecule has 2 aromatic rings. The maximum Gasteiger partial charge on any atom is 0.231 e. The van der Waals surface area contributed by atoms with Crippen molar-refractivity contribution in [3.05, 3.63) is 23.7 Å². The van der Waals surface area contributed by atoms with E-state index in [1.807, 2.05) is 18.9 Å². The summed E-state index contributed by atoms with van der Waals surface area (Å²) in [7, 11) is 1.88. The Hall–Kier alpha value is -2.31. The molecule has 0 amide bonds. The van der Waals surface area contributed by atoms with Crippen molar-refractivity contribution in [2.75, 3.05) is 30.0 Å². The van der Waals surface area contributed by atoms with Crippen LogP contribution >= 0.6 is 0 Å². The number of anilines is 3. The number of furan rings is 1. The third-order valence-electron chi connectivity index (χ3n) is 2.68. The lowest BCUT2D eigenvalue weighted by atomic mass is 10.1. The molecule has 0 aliphatic heterocycles. The van der Waals surface area contributed by atoms with Crippen LogP contribution in [0.1, 0.15) is 11.1 Å². The van der Waals surface area contributed by atoms with Crippen molar-refractivity contribution in [1.82, 2.24) is 15.0 Å². The number of rotatable bonds is 4. The second kappa shape index (κ2) is 4.91. The molecule has 7 nitrogen and oxygen atoms in total. The van der Waals surface area contributed by atoms with E-state index in [0.29, 0.717) is 5.95 Å². The zero-order valence-corrected chi connectivity index (χ0v) is 10.4. The molecule has 0 saturated heterocycles. The van der Waals surface area contributed by atoms with E-state index in [0.717, 1.165) is 24.1 Å². The number of hydrogen-bond donors (Lipinski definition) is 2. The fourth-order valence-corrected chi connectivity index (χ4v) is 1.60. The van der Waals surface area contributed by atoms with Gasteiger partial charge in [-0.15, -0.1) is 0 Å². The third kappa shape index (κ3) is 2.68. The number of nitrogens with zero attached hydrogens (tertiary/aromatic N) is 4. The van der Waals surface area contributed by atoms with Crippen LogP contribution < -0.4 is 16.4 Å². The van der Waals surface area contributed by atoms with Crippen molar-refractivity contribution in [1.29, 1.82) is 0 Å². The average Bonchev–Trinajstić information content (AvgIpc) is 2.70. The van der Waals surface area contributed by atoms with Crippen LogP contribution in [0, 0.1) is 6.92 Å². The summed E-state index contributed by atoms with van der Waals surface area (Å²) in [5.74, 6) is 0.730. The number of nitrogen functional groups attached to an aromatic ring is 2. The molecule has 0 aliphatic carbocycles. The highest BCUT2D eigenvalue weighted by Gasteiger charge is 2.09. The summed E-state index contributed by atoms with van der Waals surface area (Å²) >= 11 is 0. The van der Waals surface area contributed by atoms with Gasteiger partial charge in [0, 0.05) is 13.6 Å². The van der Waals surface area contributed by atoms with Gasteiger partial charge in [0.2, 0.25) is 17.8 Å².